The van der Waals surface area contributed by atoms with Gasteiger partial charge in [-0.15, -0.1) is 0 Å². The molecule has 0 heterocycles. The highest BCUT2D eigenvalue weighted by molar-refractivity contribution is 7.48. The molecule has 0 aromatic heterocycles. The summed E-state index contributed by atoms with van der Waals surface area (Å²) < 4.78 is 28.5. The molecule has 0 aliphatic heterocycles. The molecular weight excluding hydrogens is 331 g/mol. The van der Waals surface area contributed by atoms with Crippen LogP contribution in [0.25, 0.3) is 0 Å². The highest BCUT2D eigenvalue weighted by Gasteiger charge is 2.41. The molecule has 0 saturated heterocycles. The first-order chi connectivity index (χ1) is 11.4. The molecule has 0 bridgehead atoms. The van der Waals surface area contributed by atoms with Crippen LogP contribution < -0.4 is 0 Å². The first kappa shape index (κ1) is 19.1. The summed E-state index contributed by atoms with van der Waals surface area (Å²) in [5.41, 5.74) is 0. The van der Waals surface area contributed by atoms with Crippen LogP contribution in [0.5, 0.6) is 0 Å². The number of phosphoric ester groups is 1. The summed E-state index contributed by atoms with van der Waals surface area (Å²) >= 11 is 0. The minimum Gasteiger partial charge on any atom is -0.409 e. The van der Waals surface area contributed by atoms with E-state index >= 15 is 0 Å². The van der Waals surface area contributed by atoms with Crippen LogP contribution in [0.1, 0.15) is 40.0 Å². The van der Waals surface area contributed by atoms with E-state index in [4.69, 9.17) is 13.6 Å². The molecule has 134 valence electrons. The third-order valence-corrected chi connectivity index (χ3v) is 5.82. The van der Waals surface area contributed by atoms with Gasteiger partial charge in [-0.05, 0) is 51.2 Å². The second-order valence-corrected chi connectivity index (χ2v) is 7.70. The number of carbonyl (C=O) groups is 2. The number of allylic oxidation sites excluding steroid dienone is 4. The van der Waals surface area contributed by atoms with E-state index in [1.807, 2.05) is 6.08 Å². The predicted octanol–water partition coefficient (Wildman–Crippen LogP) is 3.83. The van der Waals surface area contributed by atoms with E-state index in [0.717, 1.165) is 6.42 Å². The molecule has 7 heteroatoms. The van der Waals surface area contributed by atoms with Crippen LogP contribution >= 0.6 is 7.82 Å². The number of hydrogen-bond acceptors (Lipinski definition) is 6. The number of phosphoric acid groups is 1. The van der Waals surface area contributed by atoms with E-state index in [9.17, 15) is 14.2 Å². The van der Waals surface area contributed by atoms with E-state index in [2.05, 4.69) is 0 Å². The van der Waals surface area contributed by atoms with Crippen molar-refractivity contribution in [3.63, 3.8) is 0 Å². The van der Waals surface area contributed by atoms with Crippen LogP contribution in [-0.2, 0) is 27.7 Å². The molecule has 0 N–H and O–H groups in total. The molecule has 0 amide bonds. The Bertz CT molecular complexity index is 584. The van der Waals surface area contributed by atoms with Crippen LogP contribution in [-0.4, -0.2) is 24.8 Å². The standard InChI is InChI=1S/C17H25O6P/c1-4-21-24(20,22-5-2)23-15-10-13-7-6-8-16(19)17(13)14(11-15)9-12(3)18/h6,8,11,13-14,17H,4-5,7,9-10H2,1-3H3/t13-,14?,17-/m0/s1. The molecule has 0 aromatic carbocycles. The SMILES string of the molecule is CCOP(=O)(OCC)OC1=CC(CC(C)=O)[C@H]2C(=O)C=CC[C@H]2C1. The van der Waals surface area contributed by atoms with E-state index < -0.39 is 7.82 Å². The van der Waals surface area contributed by atoms with Gasteiger partial charge in [-0.2, -0.15) is 0 Å². The van der Waals surface area contributed by atoms with Crippen molar-refractivity contribution in [2.24, 2.45) is 17.8 Å². The van der Waals surface area contributed by atoms with Crippen molar-refractivity contribution >= 4 is 19.4 Å². The molecule has 0 fully saturated rings. The van der Waals surface area contributed by atoms with Gasteiger partial charge >= 0.3 is 7.82 Å². The molecule has 0 spiro atoms. The first-order valence-corrected chi connectivity index (χ1v) is 9.83. The summed E-state index contributed by atoms with van der Waals surface area (Å²) in [6.45, 7) is 5.34. The van der Waals surface area contributed by atoms with Crippen molar-refractivity contribution in [2.75, 3.05) is 13.2 Å². The zero-order valence-electron chi connectivity index (χ0n) is 14.4. The van der Waals surface area contributed by atoms with Gasteiger partial charge in [0.1, 0.15) is 11.5 Å². The van der Waals surface area contributed by atoms with Crippen LogP contribution in [0.2, 0.25) is 0 Å². The van der Waals surface area contributed by atoms with Gasteiger partial charge in [0.05, 0.1) is 13.2 Å². The summed E-state index contributed by atoms with van der Waals surface area (Å²) in [5.74, 6) is 0.122. The van der Waals surface area contributed by atoms with E-state index in [1.165, 1.54) is 6.92 Å². The third-order valence-electron chi connectivity index (χ3n) is 4.21. The molecule has 0 aromatic rings. The molecule has 3 atom stereocenters. The van der Waals surface area contributed by atoms with Gasteiger partial charge in [0.25, 0.3) is 0 Å². The molecule has 1 unspecified atom stereocenters. The number of carbonyl (C=O) groups excluding carboxylic acids is 2. The lowest BCUT2D eigenvalue weighted by molar-refractivity contribution is -0.123. The Kier molecular flexibility index (Phi) is 6.55. The minimum absolute atomic E-state index is 0.0106. The van der Waals surface area contributed by atoms with Gasteiger partial charge in [0.15, 0.2) is 5.78 Å². The largest absolute Gasteiger partial charge is 0.529 e. The number of hydrogen-bond donors (Lipinski definition) is 0. The minimum atomic E-state index is -3.67. The van der Waals surface area contributed by atoms with E-state index in [1.54, 1.807) is 26.0 Å². The summed E-state index contributed by atoms with van der Waals surface area (Å²) in [4.78, 5) is 23.8. The fourth-order valence-electron chi connectivity index (χ4n) is 3.42. The van der Waals surface area contributed by atoms with E-state index in [-0.39, 0.29) is 49.0 Å². The molecule has 0 saturated carbocycles. The van der Waals surface area contributed by atoms with Gasteiger partial charge in [-0.3, -0.25) is 13.8 Å². The van der Waals surface area contributed by atoms with Crippen LogP contribution in [0.15, 0.2) is 24.0 Å². The predicted molar refractivity (Wildman–Crippen MR) is 89.2 cm³/mol. The molecular formula is C17H25O6P. The highest BCUT2D eigenvalue weighted by Crippen LogP contribution is 2.54. The second kappa shape index (κ2) is 8.24. The topological polar surface area (TPSA) is 78.9 Å². The quantitative estimate of drug-likeness (QED) is 0.615. The average molecular weight is 356 g/mol. The summed E-state index contributed by atoms with van der Waals surface area (Å²) in [6.07, 6.45) is 6.69. The molecule has 2 aliphatic carbocycles. The maximum atomic E-state index is 12.6. The zero-order chi connectivity index (χ0) is 17.7. The molecule has 0 radical (unpaired) electrons. The molecule has 6 nitrogen and oxygen atoms in total. The number of Topliss-reactive ketones (excluding diaryl/α,β-unsaturated/α-hetero) is 1. The fourth-order valence-corrected chi connectivity index (χ4v) is 4.66. The Morgan fingerprint density at radius 3 is 2.54 bits per heavy atom. The van der Waals surface area contributed by atoms with Crippen molar-refractivity contribution in [2.45, 2.75) is 40.0 Å². The van der Waals surface area contributed by atoms with Crippen molar-refractivity contribution in [3.05, 3.63) is 24.0 Å². The zero-order valence-corrected chi connectivity index (χ0v) is 15.3. The van der Waals surface area contributed by atoms with Crippen molar-refractivity contribution in [1.82, 2.24) is 0 Å². The number of rotatable bonds is 8. The van der Waals surface area contributed by atoms with Gasteiger partial charge in [-0.25, -0.2) is 4.57 Å². The van der Waals surface area contributed by atoms with Crippen LogP contribution in [0.4, 0.5) is 0 Å². The van der Waals surface area contributed by atoms with Crippen molar-refractivity contribution in [3.8, 4) is 0 Å². The third kappa shape index (κ3) is 4.65. The lowest BCUT2D eigenvalue weighted by Crippen LogP contribution is -2.36. The smallest absolute Gasteiger partial charge is 0.409 e. The normalized spacial score (nSPS) is 26.7. The summed E-state index contributed by atoms with van der Waals surface area (Å²) in [5, 5.41) is 0. The molecule has 24 heavy (non-hydrogen) atoms. The summed E-state index contributed by atoms with van der Waals surface area (Å²) in [6, 6.07) is 0. The Labute approximate surface area is 142 Å². The van der Waals surface area contributed by atoms with Gasteiger partial charge in [0.2, 0.25) is 0 Å². The fraction of sp³-hybridized carbons (Fsp3) is 0.647. The summed E-state index contributed by atoms with van der Waals surface area (Å²) in [7, 11) is -3.67. The monoisotopic (exact) mass is 356 g/mol. The first-order valence-electron chi connectivity index (χ1n) is 8.37. The Hall–Kier alpha value is -1.23. The molecule has 2 aliphatic rings. The van der Waals surface area contributed by atoms with Crippen molar-refractivity contribution < 1.29 is 27.7 Å². The van der Waals surface area contributed by atoms with Crippen LogP contribution in [0.3, 0.4) is 0 Å². The van der Waals surface area contributed by atoms with Gasteiger partial charge in [-0.1, -0.05) is 6.08 Å². The lowest BCUT2D eigenvalue weighted by atomic mass is 9.68. The maximum Gasteiger partial charge on any atom is 0.529 e. The van der Waals surface area contributed by atoms with E-state index in [0.29, 0.717) is 12.2 Å². The molecule has 2 rings (SSSR count). The van der Waals surface area contributed by atoms with Gasteiger partial charge < -0.3 is 9.32 Å². The van der Waals surface area contributed by atoms with Crippen molar-refractivity contribution in [1.29, 1.82) is 0 Å². The Morgan fingerprint density at radius 2 is 1.96 bits per heavy atom. The Morgan fingerprint density at radius 1 is 1.29 bits per heavy atom. The average Bonchev–Trinajstić information content (AvgIpc) is 2.46. The lowest BCUT2D eigenvalue weighted by Gasteiger charge is -2.37. The number of fused-ring (bicyclic) bond motifs is 1. The van der Waals surface area contributed by atoms with Crippen LogP contribution in [0, 0.1) is 17.8 Å². The highest BCUT2D eigenvalue weighted by atomic mass is 31.2. The maximum absolute atomic E-state index is 12.6. The van der Waals surface area contributed by atoms with Gasteiger partial charge in [0, 0.05) is 18.8 Å². The number of ketones is 2. The second-order valence-electron chi connectivity index (χ2n) is 6.11. The Balaban J connectivity index is 2.25.